The molecular weight excluding hydrogens is 408 g/mol. The van der Waals surface area contributed by atoms with Crippen molar-refractivity contribution in [3.63, 3.8) is 0 Å². The molecule has 0 amide bonds. The Bertz CT molecular complexity index is 1010. The molecule has 5 atom stereocenters. The van der Waals surface area contributed by atoms with Gasteiger partial charge in [0.2, 0.25) is 0 Å². The van der Waals surface area contributed by atoms with Gasteiger partial charge in [-0.2, -0.15) is 0 Å². The summed E-state index contributed by atoms with van der Waals surface area (Å²) in [5.74, 6) is 0.653. The quantitative estimate of drug-likeness (QED) is 0.349. The minimum Gasteiger partial charge on any atom is -0.478 e. The maximum atomic E-state index is 12.7. The summed E-state index contributed by atoms with van der Waals surface area (Å²) in [6, 6.07) is 0. The van der Waals surface area contributed by atoms with Crippen molar-refractivity contribution in [3.05, 3.63) is 46.6 Å². The summed E-state index contributed by atoms with van der Waals surface area (Å²) in [5, 5.41) is 9.15. The molecule has 180 valence electrons. The number of ketones is 1. The summed E-state index contributed by atoms with van der Waals surface area (Å²) in [6.45, 7) is 15.7. The highest BCUT2D eigenvalue weighted by Gasteiger charge is 2.61. The molecule has 1 N–H and O–H groups in total. The molecule has 0 radical (unpaired) electrons. The molecule has 4 aliphatic rings. The van der Waals surface area contributed by atoms with Crippen LogP contribution in [-0.2, 0) is 9.59 Å². The Kier molecular flexibility index (Phi) is 5.74. The van der Waals surface area contributed by atoms with Gasteiger partial charge in [-0.1, -0.05) is 50.1 Å². The van der Waals surface area contributed by atoms with Gasteiger partial charge in [-0.15, -0.1) is 0 Å². The number of fused-ring (bicyclic) bond motifs is 4. The van der Waals surface area contributed by atoms with Gasteiger partial charge in [0, 0.05) is 16.4 Å². The third-order valence-electron chi connectivity index (χ3n) is 10.6. The van der Waals surface area contributed by atoms with Gasteiger partial charge in [-0.25, -0.2) is 4.79 Å². The maximum absolute atomic E-state index is 12.7. The van der Waals surface area contributed by atoms with Crippen molar-refractivity contribution in [2.75, 3.05) is 0 Å². The lowest BCUT2D eigenvalue weighted by molar-refractivity contribution is -0.132. The fourth-order valence-corrected chi connectivity index (χ4v) is 8.23. The lowest BCUT2D eigenvalue weighted by Crippen LogP contribution is -2.48. The Hall–Kier alpha value is -1.90. The number of rotatable bonds is 5. The van der Waals surface area contributed by atoms with Gasteiger partial charge in [-0.05, 0) is 107 Å². The van der Waals surface area contributed by atoms with Crippen LogP contribution in [0.1, 0.15) is 93.4 Å². The molecule has 3 nitrogen and oxygen atoms in total. The van der Waals surface area contributed by atoms with Crippen molar-refractivity contribution >= 4 is 11.8 Å². The van der Waals surface area contributed by atoms with Gasteiger partial charge in [0.25, 0.3) is 0 Å². The smallest absolute Gasteiger partial charge is 0.330 e. The van der Waals surface area contributed by atoms with E-state index in [-0.39, 0.29) is 22.0 Å². The van der Waals surface area contributed by atoms with Crippen LogP contribution in [-0.4, -0.2) is 16.9 Å². The molecule has 0 spiro atoms. The minimum atomic E-state index is -0.810. The molecule has 0 aromatic rings. The van der Waals surface area contributed by atoms with E-state index >= 15 is 0 Å². The van der Waals surface area contributed by atoms with E-state index in [9.17, 15) is 9.59 Å². The Morgan fingerprint density at radius 2 is 1.88 bits per heavy atom. The van der Waals surface area contributed by atoms with Crippen molar-refractivity contribution in [1.82, 2.24) is 0 Å². The predicted octanol–water partition coefficient (Wildman–Crippen LogP) is 7.45. The summed E-state index contributed by atoms with van der Waals surface area (Å²) >= 11 is 0. The van der Waals surface area contributed by atoms with Crippen molar-refractivity contribution in [3.8, 4) is 0 Å². The van der Waals surface area contributed by atoms with Crippen LogP contribution in [0.3, 0.4) is 0 Å². The second-order valence-electron chi connectivity index (χ2n) is 12.4. The Morgan fingerprint density at radius 1 is 1.18 bits per heavy atom. The van der Waals surface area contributed by atoms with E-state index in [1.54, 1.807) is 18.1 Å². The van der Waals surface area contributed by atoms with Gasteiger partial charge in [0.15, 0.2) is 5.78 Å². The molecule has 1 saturated carbocycles. The molecule has 1 fully saturated rings. The number of aliphatic carboxylic acids is 1. The van der Waals surface area contributed by atoms with Gasteiger partial charge in [0.05, 0.1) is 0 Å². The molecule has 0 bridgehead atoms. The highest BCUT2D eigenvalue weighted by atomic mass is 16.4. The van der Waals surface area contributed by atoms with Crippen LogP contribution in [0.25, 0.3) is 0 Å². The largest absolute Gasteiger partial charge is 0.478 e. The van der Waals surface area contributed by atoms with E-state index in [1.807, 2.05) is 12.2 Å². The molecule has 33 heavy (non-hydrogen) atoms. The summed E-state index contributed by atoms with van der Waals surface area (Å²) in [6.07, 6.45) is 16.0. The monoisotopic (exact) mass is 450 g/mol. The third-order valence-corrected chi connectivity index (χ3v) is 10.6. The molecule has 4 rings (SSSR count). The first-order chi connectivity index (χ1) is 15.3. The minimum absolute atomic E-state index is 0.127. The van der Waals surface area contributed by atoms with E-state index in [0.29, 0.717) is 17.4 Å². The van der Waals surface area contributed by atoms with Crippen LogP contribution >= 0.6 is 0 Å². The van der Waals surface area contributed by atoms with E-state index in [4.69, 9.17) is 5.11 Å². The SMILES string of the molecule is C/C(=C/CCC(C)[C@H]1CC[C@@]2(C)C3=C(CC[C@]12C)[C@@]1(C)C=CC(=O)C(C)(C)C1=CC3)C(=O)O. The zero-order valence-corrected chi connectivity index (χ0v) is 21.7. The number of hydrogen-bond acceptors (Lipinski definition) is 2. The van der Waals surface area contributed by atoms with Gasteiger partial charge in [-0.3, -0.25) is 4.79 Å². The molecule has 4 aliphatic carbocycles. The molecule has 0 aliphatic heterocycles. The lowest BCUT2D eigenvalue weighted by atomic mass is 9.47. The van der Waals surface area contributed by atoms with Crippen molar-refractivity contribution in [2.24, 2.45) is 33.5 Å². The van der Waals surface area contributed by atoms with Gasteiger partial charge in [0.1, 0.15) is 0 Å². The van der Waals surface area contributed by atoms with Gasteiger partial charge >= 0.3 is 5.97 Å². The van der Waals surface area contributed by atoms with Crippen molar-refractivity contribution in [1.29, 1.82) is 0 Å². The fraction of sp³-hybridized carbons (Fsp3) is 0.667. The summed E-state index contributed by atoms with van der Waals surface area (Å²) in [5.41, 5.74) is 4.91. The van der Waals surface area contributed by atoms with Gasteiger partial charge < -0.3 is 5.11 Å². The standard InChI is InChI=1S/C30H42O3/c1-19(9-8-10-20(2)26(32)33)21-13-17-30(7)23-11-12-24-27(3,4)25(31)15-16-28(24,5)22(23)14-18-29(21,30)6/h10,12,15-16,19,21H,8-9,11,13-14,17-18H2,1-7H3,(H,32,33)/b20-10-/t19?,21-,28-,29-,30+/m1/s1. The molecular formula is C30H42O3. The summed E-state index contributed by atoms with van der Waals surface area (Å²) in [7, 11) is 0. The van der Waals surface area contributed by atoms with Crippen LogP contribution in [0, 0.1) is 33.5 Å². The Labute approximate surface area is 200 Å². The van der Waals surface area contributed by atoms with Crippen LogP contribution < -0.4 is 0 Å². The van der Waals surface area contributed by atoms with E-state index in [1.165, 1.54) is 24.8 Å². The predicted molar refractivity (Wildman–Crippen MR) is 134 cm³/mol. The Morgan fingerprint density at radius 3 is 2.55 bits per heavy atom. The maximum Gasteiger partial charge on any atom is 0.330 e. The second kappa shape index (κ2) is 7.82. The lowest BCUT2D eigenvalue weighted by Gasteiger charge is -2.57. The van der Waals surface area contributed by atoms with Crippen LogP contribution in [0.4, 0.5) is 0 Å². The van der Waals surface area contributed by atoms with Crippen LogP contribution in [0.2, 0.25) is 0 Å². The average molecular weight is 451 g/mol. The number of carbonyl (C=O) groups is 2. The first-order valence-electron chi connectivity index (χ1n) is 12.9. The first-order valence-corrected chi connectivity index (χ1v) is 12.9. The number of allylic oxidation sites excluding steroid dienone is 7. The average Bonchev–Trinajstić information content (AvgIpc) is 3.02. The van der Waals surface area contributed by atoms with E-state index in [2.05, 4.69) is 53.7 Å². The zero-order chi connectivity index (χ0) is 24.4. The topological polar surface area (TPSA) is 54.4 Å². The third kappa shape index (κ3) is 3.36. The van der Waals surface area contributed by atoms with E-state index < -0.39 is 11.4 Å². The molecule has 3 heteroatoms. The highest BCUT2D eigenvalue weighted by molar-refractivity contribution is 5.99. The number of carboxylic acids is 1. The Balaban J connectivity index is 1.63. The molecule has 0 aromatic carbocycles. The fourth-order valence-electron chi connectivity index (χ4n) is 8.23. The molecule has 0 aromatic heterocycles. The molecule has 0 heterocycles. The summed E-state index contributed by atoms with van der Waals surface area (Å²) in [4.78, 5) is 23.8. The number of carbonyl (C=O) groups excluding carboxylic acids is 1. The second-order valence-corrected chi connectivity index (χ2v) is 12.4. The van der Waals surface area contributed by atoms with Crippen molar-refractivity contribution < 1.29 is 14.7 Å². The zero-order valence-electron chi connectivity index (χ0n) is 21.7. The van der Waals surface area contributed by atoms with Crippen LogP contribution in [0.5, 0.6) is 0 Å². The normalized spacial score (nSPS) is 38.4. The number of hydrogen-bond donors (Lipinski definition) is 1. The van der Waals surface area contributed by atoms with Crippen molar-refractivity contribution in [2.45, 2.75) is 93.4 Å². The van der Waals surface area contributed by atoms with E-state index in [0.717, 1.165) is 25.7 Å². The first kappa shape index (κ1) is 24.2. The number of carboxylic acid groups (broad SMARTS) is 1. The molecule has 1 unspecified atom stereocenters. The molecule has 0 saturated heterocycles. The van der Waals surface area contributed by atoms with Crippen LogP contribution in [0.15, 0.2) is 46.6 Å². The summed E-state index contributed by atoms with van der Waals surface area (Å²) < 4.78 is 0. The highest BCUT2D eigenvalue weighted by Crippen LogP contribution is 2.70.